The second kappa shape index (κ2) is 13.1. The molecule has 0 N–H and O–H groups in total. The van der Waals surface area contributed by atoms with E-state index in [1.165, 1.54) is 20.2 Å². The number of fused-ring (bicyclic) bond motifs is 9. The second-order valence-corrected chi connectivity index (χ2v) is 15.8. The molecule has 3 heterocycles. The fourth-order valence-electron chi connectivity index (χ4n) is 8.50. The van der Waals surface area contributed by atoms with Gasteiger partial charge in [0.2, 0.25) is 5.89 Å². The molecular weight excluding hydrogens is 729 g/mol. The molecule has 12 rings (SSSR count). The third kappa shape index (κ3) is 5.32. The Bertz CT molecular complexity index is 3510. The van der Waals surface area contributed by atoms with Crippen molar-refractivity contribution < 1.29 is 8.83 Å². The van der Waals surface area contributed by atoms with Crippen molar-refractivity contribution in [3.05, 3.63) is 194 Å². The summed E-state index contributed by atoms with van der Waals surface area (Å²) in [4.78, 5) is 7.21. The van der Waals surface area contributed by atoms with Gasteiger partial charge in [0.25, 0.3) is 0 Å². The number of aromatic nitrogens is 1. The van der Waals surface area contributed by atoms with Gasteiger partial charge in [0, 0.05) is 59.1 Å². The minimum absolute atomic E-state index is 0.613. The lowest BCUT2D eigenvalue weighted by Crippen LogP contribution is -2.09. The summed E-state index contributed by atoms with van der Waals surface area (Å²) >= 11 is 1.85. The van der Waals surface area contributed by atoms with Crippen LogP contribution in [0.25, 0.3) is 97.7 Å². The first-order valence-corrected chi connectivity index (χ1v) is 20.2. The summed E-state index contributed by atoms with van der Waals surface area (Å²) in [5.41, 5.74) is 11.9. The summed E-state index contributed by atoms with van der Waals surface area (Å²) < 4.78 is 15.5. The van der Waals surface area contributed by atoms with Crippen molar-refractivity contribution in [3.63, 3.8) is 0 Å². The van der Waals surface area contributed by atoms with E-state index < -0.39 is 0 Å². The summed E-state index contributed by atoms with van der Waals surface area (Å²) in [5, 5.41) is 7.12. The highest BCUT2D eigenvalue weighted by Crippen LogP contribution is 2.44. The normalized spacial score (nSPS) is 11.8. The number of rotatable bonds is 6. The Labute approximate surface area is 337 Å². The Hall–Kier alpha value is -7.47. The fourth-order valence-corrected chi connectivity index (χ4v) is 9.64. The molecule has 0 spiro atoms. The van der Waals surface area contributed by atoms with Gasteiger partial charge in [0.1, 0.15) is 16.7 Å². The van der Waals surface area contributed by atoms with Crippen molar-refractivity contribution in [1.29, 1.82) is 0 Å². The van der Waals surface area contributed by atoms with Gasteiger partial charge >= 0.3 is 0 Å². The lowest BCUT2D eigenvalue weighted by molar-refractivity contribution is 0.620. The van der Waals surface area contributed by atoms with Gasteiger partial charge in [-0.2, -0.15) is 0 Å². The van der Waals surface area contributed by atoms with Gasteiger partial charge in [-0.25, -0.2) is 4.98 Å². The van der Waals surface area contributed by atoms with Crippen molar-refractivity contribution in [1.82, 2.24) is 4.98 Å². The van der Waals surface area contributed by atoms with Crippen molar-refractivity contribution in [3.8, 4) is 33.7 Å². The quantitative estimate of drug-likeness (QED) is 0.169. The fraction of sp³-hybridized carbons (Fsp3) is 0. The van der Waals surface area contributed by atoms with E-state index in [9.17, 15) is 0 Å². The van der Waals surface area contributed by atoms with Crippen LogP contribution in [-0.4, -0.2) is 4.98 Å². The van der Waals surface area contributed by atoms with Gasteiger partial charge in [-0.15, -0.1) is 11.3 Å². The molecule has 9 aromatic carbocycles. The molecular formula is C53H32N2O2S. The molecule has 0 atom stereocenters. The molecule has 0 saturated heterocycles. The first kappa shape index (κ1) is 32.7. The van der Waals surface area contributed by atoms with E-state index in [4.69, 9.17) is 13.8 Å². The topological polar surface area (TPSA) is 42.4 Å². The number of nitrogens with zero attached hydrogens (tertiary/aromatic N) is 2. The minimum Gasteiger partial charge on any atom is -0.455 e. The highest BCUT2D eigenvalue weighted by molar-refractivity contribution is 7.25. The Morgan fingerprint density at radius 1 is 0.414 bits per heavy atom. The molecule has 58 heavy (non-hydrogen) atoms. The molecule has 0 aliphatic rings. The molecule has 3 aromatic heterocycles. The van der Waals surface area contributed by atoms with E-state index in [0.717, 1.165) is 88.7 Å². The average Bonchev–Trinajstić information content (AvgIpc) is 4.00. The van der Waals surface area contributed by atoms with Crippen LogP contribution in [0.3, 0.4) is 0 Å². The number of oxazole rings is 1. The maximum absolute atomic E-state index is 6.77. The van der Waals surface area contributed by atoms with Gasteiger partial charge in [0.05, 0.1) is 0 Å². The molecule has 5 heteroatoms. The molecule has 0 amide bonds. The first-order chi connectivity index (χ1) is 28.7. The number of hydrogen-bond donors (Lipinski definition) is 0. The van der Waals surface area contributed by atoms with E-state index >= 15 is 0 Å². The van der Waals surface area contributed by atoms with E-state index in [-0.39, 0.29) is 0 Å². The third-order valence-electron chi connectivity index (χ3n) is 11.3. The van der Waals surface area contributed by atoms with Crippen LogP contribution < -0.4 is 4.90 Å². The Kier molecular flexibility index (Phi) is 7.37. The molecule has 0 bridgehead atoms. The maximum atomic E-state index is 6.77. The largest absolute Gasteiger partial charge is 0.455 e. The Balaban J connectivity index is 0.954. The van der Waals surface area contributed by atoms with Crippen molar-refractivity contribution in [2.24, 2.45) is 0 Å². The molecule has 0 radical (unpaired) electrons. The smallest absolute Gasteiger partial charge is 0.227 e. The standard InChI is InChI=1S/C53H32N2O2S/c1-3-11-34(12-4-1)53-54-46-31-37(22-28-48(46)57-53)44-30-36-13-7-8-16-41(36)51-45-29-35(21-27-47(45)56-52(44)51)33-19-23-39(24-20-33)55(38-14-5-2-6-15-38)40-25-26-43-42-17-9-10-18-49(42)58-50(43)32-40/h1-32H. The van der Waals surface area contributed by atoms with Crippen LogP contribution in [-0.2, 0) is 0 Å². The summed E-state index contributed by atoms with van der Waals surface area (Å²) in [6.45, 7) is 0. The number of hydrogen-bond acceptors (Lipinski definition) is 5. The number of para-hydroxylation sites is 1. The van der Waals surface area contributed by atoms with Gasteiger partial charge in [0.15, 0.2) is 5.58 Å². The van der Waals surface area contributed by atoms with Crippen LogP contribution >= 0.6 is 11.3 Å². The third-order valence-corrected chi connectivity index (χ3v) is 12.4. The summed E-state index contributed by atoms with van der Waals surface area (Å²) in [6, 6.07) is 68.6. The molecule has 4 nitrogen and oxygen atoms in total. The second-order valence-electron chi connectivity index (χ2n) is 14.7. The molecule has 0 unspecified atom stereocenters. The number of anilines is 3. The molecule has 0 saturated carbocycles. The van der Waals surface area contributed by atoms with Crippen LogP contribution in [0.5, 0.6) is 0 Å². The van der Waals surface area contributed by atoms with Crippen molar-refractivity contribution in [2.45, 2.75) is 0 Å². The number of thiophene rings is 1. The predicted molar refractivity (Wildman–Crippen MR) is 243 cm³/mol. The first-order valence-electron chi connectivity index (χ1n) is 19.4. The zero-order chi connectivity index (χ0) is 38.2. The molecule has 0 aliphatic carbocycles. The Morgan fingerprint density at radius 2 is 1.09 bits per heavy atom. The highest BCUT2D eigenvalue weighted by Gasteiger charge is 2.19. The number of benzene rings is 9. The molecule has 272 valence electrons. The average molecular weight is 761 g/mol. The SMILES string of the molecule is c1ccc(-c2nc3cc(-c4cc5ccccc5c5c4oc4ccc(-c6ccc(N(c7ccccc7)c7ccc8c(c7)sc7ccccc78)cc6)cc45)ccc3o2)cc1. The van der Waals surface area contributed by atoms with Gasteiger partial charge < -0.3 is 13.7 Å². The summed E-state index contributed by atoms with van der Waals surface area (Å²) in [5.74, 6) is 0.613. The van der Waals surface area contributed by atoms with E-state index in [1.54, 1.807) is 0 Å². The lowest BCUT2D eigenvalue weighted by Gasteiger charge is -2.25. The Morgan fingerprint density at radius 3 is 1.95 bits per heavy atom. The van der Waals surface area contributed by atoms with E-state index in [2.05, 4.69) is 163 Å². The van der Waals surface area contributed by atoms with E-state index in [0.29, 0.717) is 5.89 Å². The van der Waals surface area contributed by atoms with Gasteiger partial charge in [-0.1, -0.05) is 109 Å². The summed E-state index contributed by atoms with van der Waals surface area (Å²) in [7, 11) is 0. The molecule has 12 aromatic rings. The molecule has 0 aliphatic heterocycles. The predicted octanol–water partition coefficient (Wildman–Crippen LogP) is 15.7. The summed E-state index contributed by atoms with van der Waals surface area (Å²) in [6.07, 6.45) is 0. The lowest BCUT2D eigenvalue weighted by atomic mass is 9.95. The zero-order valence-electron chi connectivity index (χ0n) is 31.1. The maximum Gasteiger partial charge on any atom is 0.227 e. The highest BCUT2D eigenvalue weighted by atomic mass is 32.1. The van der Waals surface area contributed by atoms with Crippen LogP contribution in [0, 0.1) is 0 Å². The van der Waals surface area contributed by atoms with Crippen LogP contribution in [0.1, 0.15) is 0 Å². The van der Waals surface area contributed by atoms with Gasteiger partial charge in [-0.3, -0.25) is 0 Å². The van der Waals surface area contributed by atoms with Crippen molar-refractivity contribution in [2.75, 3.05) is 4.90 Å². The van der Waals surface area contributed by atoms with Gasteiger partial charge in [-0.05, 0) is 112 Å². The molecule has 0 fully saturated rings. The monoisotopic (exact) mass is 760 g/mol. The minimum atomic E-state index is 0.613. The number of furan rings is 1. The zero-order valence-corrected chi connectivity index (χ0v) is 31.9. The van der Waals surface area contributed by atoms with Crippen LogP contribution in [0.2, 0.25) is 0 Å². The van der Waals surface area contributed by atoms with Crippen molar-refractivity contribution >= 4 is 92.4 Å². The van der Waals surface area contributed by atoms with E-state index in [1.807, 2.05) is 47.7 Å². The van der Waals surface area contributed by atoms with Crippen LogP contribution in [0.4, 0.5) is 17.1 Å². The van der Waals surface area contributed by atoms with Crippen LogP contribution in [0.15, 0.2) is 203 Å².